The Hall–Kier alpha value is -3.32. The predicted octanol–water partition coefficient (Wildman–Crippen LogP) is 2.28. The Morgan fingerprint density at radius 2 is 2.10 bits per heavy atom. The third-order valence-electron chi connectivity index (χ3n) is 5.92. The summed E-state index contributed by atoms with van der Waals surface area (Å²) >= 11 is 0. The molecule has 7 nitrogen and oxygen atoms in total. The van der Waals surface area contributed by atoms with Gasteiger partial charge in [0.2, 0.25) is 0 Å². The van der Waals surface area contributed by atoms with Crippen molar-refractivity contribution in [1.82, 2.24) is 9.55 Å². The van der Waals surface area contributed by atoms with Gasteiger partial charge >= 0.3 is 5.97 Å². The van der Waals surface area contributed by atoms with Gasteiger partial charge in [0, 0.05) is 22.1 Å². The lowest BCUT2D eigenvalue weighted by atomic mass is 9.86. The van der Waals surface area contributed by atoms with Crippen LogP contribution >= 0.6 is 0 Å². The molecule has 0 amide bonds. The second-order valence-corrected chi connectivity index (χ2v) is 7.53. The molecule has 4 heterocycles. The second-order valence-electron chi connectivity index (χ2n) is 7.53. The van der Waals surface area contributed by atoms with Crippen LogP contribution in [0.3, 0.4) is 0 Å². The molecule has 1 N–H and O–H groups in total. The van der Waals surface area contributed by atoms with Crippen molar-refractivity contribution in [3.05, 3.63) is 62.9 Å². The molecule has 1 aromatic carbocycles. The highest BCUT2D eigenvalue weighted by Crippen LogP contribution is 2.38. The molecule has 5 rings (SSSR count). The molecule has 29 heavy (non-hydrogen) atoms. The summed E-state index contributed by atoms with van der Waals surface area (Å²) in [6, 6.07) is 9.02. The molecule has 2 aliphatic rings. The summed E-state index contributed by atoms with van der Waals surface area (Å²) in [5.74, 6) is -0.840. The molecule has 1 atom stereocenters. The number of aromatic nitrogens is 2. The Bertz CT molecular complexity index is 1310. The molecule has 0 fully saturated rings. The number of hydrogen-bond donors (Lipinski definition) is 1. The highest BCUT2D eigenvalue weighted by Gasteiger charge is 2.45. The number of Topliss-reactive ketones (excluding diaryl/α,β-unsaturated/α-hetero) is 1. The number of hydrogen-bond acceptors (Lipinski definition) is 6. The summed E-state index contributed by atoms with van der Waals surface area (Å²) in [5.41, 5.74) is 1.47. The van der Waals surface area contributed by atoms with Crippen molar-refractivity contribution >= 4 is 22.7 Å². The third kappa shape index (κ3) is 2.28. The van der Waals surface area contributed by atoms with Gasteiger partial charge in [0.1, 0.15) is 6.61 Å². The molecule has 146 valence electrons. The van der Waals surface area contributed by atoms with Gasteiger partial charge in [0.25, 0.3) is 5.56 Å². The first kappa shape index (κ1) is 17.8. The number of aliphatic hydroxyl groups is 1. The summed E-state index contributed by atoms with van der Waals surface area (Å²) in [5, 5.41) is 11.7. The minimum Gasteiger partial charge on any atom is -0.458 e. The van der Waals surface area contributed by atoms with Gasteiger partial charge in [-0.15, -0.1) is 0 Å². The summed E-state index contributed by atoms with van der Waals surface area (Å²) in [6.45, 7) is 3.34. The Morgan fingerprint density at radius 1 is 1.31 bits per heavy atom. The van der Waals surface area contributed by atoms with Gasteiger partial charge in [-0.05, 0) is 31.5 Å². The van der Waals surface area contributed by atoms with Crippen LogP contribution in [0.15, 0.2) is 35.1 Å². The molecule has 3 aromatic rings. The molecule has 0 spiro atoms. The number of benzene rings is 1. The predicted molar refractivity (Wildman–Crippen MR) is 105 cm³/mol. The molecule has 0 saturated heterocycles. The monoisotopic (exact) mass is 390 g/mol. The van der Waals surface area contributed by atoms with Crippen LogP contribution in [0.5, 0.6) is 0 Å². The van der Waals surface area contributed by atoms with E-state index in [9.17, 15) is 19.5 Å². The van der Waals surface area contributed by atoms with Crippen LogP contribution in [0.25, 0.3) is 22.3 Å². The van der Waals surface area contributed by atoms with Gasteiger partial charge in [0.05, 0.1) is 29.0 Å². The molecule has 0 saturated carbocycles. The van der Waals surface area contributed by atoms with Crippen LogP contribution < -0.4 is 5.56 Å². The van der Waals surface area contributed by atoms with Crippen LogP contribution in [0.2, 0.25) is 0 Å². The maximum Gasteiger partial charge on any atom is 0.343 e. The van der Waals surface area contributed by atoms with E-state index in [1.54, 1.807) is 23.6 Å². The van der Waals surface area contributed by atoms with E-state index in [0.717, 1.165) is 10.9 Å². The number of nitrogens with zero attached hydrogens (tertiary/aromatic N) is 2. The Morgan fingerprint density at radius 3 is 2.83 bits per heavy atom. The van der Waals surface area contributed by atoms with Gasteiger partial charge in [-0.1, -0.05) is 19.1 Å². The van der Waals surface area contributed by atoms with Gasteiger partial charge < -0.3 is 14.4 Å². The molecule has 7 heteroatoms. The molecular weight excluding hydrogens is 372 g/mol. The summed E-state index contributed by atoms with van der Waals surface area (Å²) in [7, 11) is 0. The Kier molecular flexibility index (Phi) is 3.58. The van der Waals surface area contributed by atoms with E-state index in [1.807, 2.05) is 18.2 Å². The molecule has 0 aliphatic carbocycles. The molecule has 0 radical (unpaired) electrons. The highest BCUT2D eigenvalue weighted by molar-refractivity contribution is 6.06. The van der Waals surface area contributed by atoms with Crippen molar-refractivity contribution in [2.75, 3.05) is 0 Å². The topological polar surface area (TPSA) is 98.5 Å². The third-order valence-corrected chi connectivity index (χ3v) is 5.92. The fourth-order valence-corrected chi connectivity index (χ4v) is 4.29. The number of carbonyl (C=O) groups excluding carboxylic acids is 2. The van der Waals surface area contributed by atoms with E-state index in [1.165, 1.54) is 6.92 Å². The first-order valence-corrected chi connectivity index (χ1v) is 9.46. The van der Waals surface area contributed by atoms with Crippen molar-refractivity contribution < 1.29 is 19.4 Å². The van der Waals surface area contributed by atoms with Crippen molar-refractivity contribution in [3.63, 3.8) is 0 Å². The Balaban J connectivity index is 1.81. The summed E-state index contributed by atoms with van der Waals surface area (Å²) in [4.78, 5) is 42.1. The average Bonchev–Trinajstić information content (AvgIpc) is 3.07. The first-order valence-electron chi connectivity index (χ1n) is 9.46. The number of esters is 1. The van der Waals surface area contributed by atoms with Crippen LogP contribution in [-0.4, -0.2) is 26.4 Å². The first-order chi connectivity index (χ1) is 13.8. The van der Waals surface area contributed by atoms with E-state index in [0.29, 0.717) is 34.6 Å². The second kappa shape index (κ2) is 5.84. The Labute approximate surface area is 165 Å². The van der Waals surface area contributed by atoms with E-state index < -0.39 is 11.6 Å². The number of rotatable bonds is 2. The van der Waals surface area contributed by atoms with Crippen molar-refractivity contribution in [1.29, 1.82) is 0 Å². The molecular formula is C22H18N2O5. The van der Waals surface area contributed by atoms with E-state index in [-0.39, 0.29) is 29.9 Å². The zero-order valence-corrected chi connectivity index (χ0v) is 16.0. The number of cyclic esters (lactones) is 1. The lowest BCUT2D eigenvalue weighted by molar-refractivity contribution is -0.172. The zero-order chi connectivity index (χ0) is 20.5. The van der Waals surface area contributed by atoms with Gasteiger partial charge in [0.15, 0.2) is 11.4 Å². The van der Waals surface area contributed by atoms with E-state index in [4.69, 9.17) is 9.72 Å². The quantitative estimate of drug-likeness (QED) is 0.417. The fraction of sp³-hybridized carbons (Fsp3) is 0.273. The molecule has 0 unspecified atom stereocenters. The lowest BCUT2D eigenvalue weighted by Gasteiger charge is -2.31. The summed E-state index contributed by atoms with van der Waals surface area (Å²) in [6.07, 6.45) is 0.0915. The van der Waals surface area contributed by atoms with Crippen molar-refractivity contribution in [2.24, 2.45) is 0 Å². The smallest absolute Gasteiger partial charge is 0.343 e. The lowest BCUT2D eigenvalue weighted by Crippen LogP contribution is -2.44. The SMILES string of the molecule is CC[C@@]1(O)C(=O)OCc2c1cc1n(c2=O)Cc2cc3cccc(C(C)=O)c3nc2-1. The number of para-hydroxylation sites is 1. The largest absolute Gasteiger partial charge is 0.458 e. The normalized spacial score (nSPS) is 19.5. The van der Waals surface area contributed by atoms with E-state index in [2.05, 4.69) is 0 Å². The van der Waals surface area contributed by atoms with Gasteiger partial charge in [-0.3, -0.25) is 9.59 Å². The number of pyridine rings is 2. The maximum atomic E-state index is 13.1. The zero-order valence-electron chi connectivity index (χ0n) is 16.0. The van der Waals surface area contributed by atoms with Gasteiger partial charge in [-0.2, -0.15) is 0 Å². The van der Waals surface area contributed by atoms with Crippen LogP contribution in [0, 0.1) is 0 Å². The van der Waals surface area contributed by atoms with E-state index >= 15 is 0 Å². The maximum absolute atomic E-state index is 13.1. The van der Waals surface area contributed by atoms with Crippen molar-refractivity contribution in [3.8, 4) is 11.4 Å². The summed E-state index contributed by atoms with van der Waals surface area (Å²) < 4.78 is 6.66. The van der Waals surface area contributed by atoms with Crippen LogP contribution in [0.1, 0.15) is 47.3 Å². The minimum absolute atomic E-state index is 0.0908. The number of carbonyl (C=O) groups is 2. The van der Waals surface area contributed by atoms with Gasteiger partial charge in [-0.25, -0.2) is 9.78 Å². The minimum atomic E-state index is -1.85. The molecule has 0 bridgehead atoms. The average molecular weight is 390 g/mol. The van der Waals surface area contributed by atoms with Crippen molar-refractivity contribution in [2.45, 2.75) is 39.0 Å². The van der Waals surface area contributed by atoms with Crippen LogP contribution in [0.4, 0.5) is 0 Å². The number of ketones is 1. The molecule has 2 aliphatic heterocycles. The number of ether oxygens (including phenoxy) is 1. The van der Waals surface area contributed by atoms with Crippen LogP contribution in [-0.2, 0) is 28.3 Å². The number of fused-ring (bicyclic) bond motifs is 5. The fourth-order valence-electron chi connectivity index (χ4n) is 4.29. The highest BCUT2D eigenvalue weighted by atomic mass is 16.6. The molecule has 2 aromatic heterocycles. The standard InChI is InChI=1S/C22H18N2O5/c1-3-22(28)16-8-17-19-13(9-24(17)20(26)15(16)10-29-21(22)27)7-12-5-4-6-14(11(2)25)18(12)23-19/h4-8,28H,3,9-10H2,1-2H3/t22-/m0/s1.